The van der Waals surface area contributed by atoms with Crippen LogP contribution in [0.4, 0.5) is 11.4 Å². The zero-order valence-electron chi connectivity index (χ0n) is 20.4. The molecule has 6 rings (SSSR count). The third-order valence-electron chi connectivity index (χ3n) is 5.94. The van der Waals surface area contributed by atoms with Gasteiger partial charge in [-0.1, -0.05) is 0 Å². The highest BCUT2D eigenvalue weighted by atomic mass is 32.2. The Morgan fingerprint density at radius 3 is 1.41 bits per heavy atom. The van der Waals surface area contributed by atoms with E-state index in [9.17, 15) is 8.42 Å². The lowest BCUT2D eigenvalue weighted by Crippen LogP contribution is -2.02. The summed E-state index contributed by atoms with van der Waals surface area (Å²) >= 11 is 0. The van der Waals surface area contributed by atoms with Crippen molar-refractivity contribution in [1.29, 1.82) is 0 Å². The molecule has 0 unspecified atom stereocenters. The Balaban J connectivity index is 1.06. The van der Waals surface area contributed by atoms with E-state index in [-0.39, 0.29) is 23.4 Å². The lowest BCUT2D eigenvalue weighted by molar-refractivity contribution is 0.173. The van der Waals surface area contributed by atoms with Crippen molar-refractivity contribution in [2.24, 2.45) is 10.2 Å². The second kappa shape index (κ2) is 10.4. The predicted molar refractivity (Wildman–Crippen MR) is 146 cm³/mol. The van der Waals surface area contributed by atoms with E-state index in [4.69, 9.17) is 18.9 Å². The molecule has 2 aliphatic rings. The van der Waals surface area contributed by atoms with Gasteiger partial charge in [0, 0.05) is 0 Å². The van der Waals surface area contributed by atoms with Crippen LogP contribution in [-0.4, -0.2) is 34.4 Å². The van der Waals surface area contributed by atoms with Gasteiger partial charge >= 0.3 is 0 Å². The number of rotatable bonds is 8. The lowest BCUT2D eigenvalue weighted by Gasteiger charge is -2.07. The highest BCUT2D eigenvalue weighted by Gasteiger charge is 2.18. The van der Waals surface area contributed by atoms with E-state index in [0.717, 1.165) is 11.1 Å². The number of ether oxygens (including phenoxy) is 4. The van der Waals surface area contributed by atoms with Crippen LogP contribution < -0.4 is 29.8 Å². The summed E-state index contributed by atoms with van der Waals surface area (Å²) in [5.74, 6) is 2.75. The number of fused-ring (bicyclic) bond motifs is 2. The van der Waals surface area contributed by atoms with Gasteiger partial charge in [-0.05, 0) is 96.1 Å². The van der Waals surface area contributed by atoms with Gasteiger partial charge in [-0.2, -0.15) is 10.2 Å². The quantitative estimate of drug-likeness (QED) is 0.239. The standard InChI is InChI=1S/C28H22N4O6S/c33-39(34,23-7-3-21(4-8-23)31-29-15-19-1-11-25-27(13-19)37-17-35-25)24-9-5-22(6-10-24)32-30-16-20-2-12-26-28(14-20)38-18-36-26/h1-16,31-32H,17-18H2/b29-15+,30-16?. The second-order valence-corrected chi connectivity index (χ2v) is 10.5. The largest absolute Gasteiger partial charge is 0.454 e. The number of sulfone groups is 1. The van der Waals surface area contributed by atoms with E-state index in [1.54, 1.807) is 36.7 Å². The van der Waals surface area contributed by atoms with Gasteiger partial charge in [-0.3, -0.25) is 10.9 Å². The molecule has 0 spiro atoms. The summed E-state index contributed by atoms with van der Waals surface area (Å²) in [4.78, 5) is 0.351. The van der Waals surface area contributed by atoms with E-state index < -0.39 is 9.84 Å². The van der Waals surface area contributed by atoms with Crippen LogP contribution in [0.3, 0.4) is 0 Å². The van der Waals surface area contributed by atoms with Crippen molar-refractivity contribution in [3.63, 3.8) is 0 Å². The van der Waals surface area contributed by atoms with Crippen LogP contribution in [0.15, 0.2) is 105 Å². The molecule has 39 heavy (non-hydrogen) atoms. The number of nitrogens with one attached hydrogen (secondary N) is 2. The van der Waals surface area contributed by atoms with Gasteiger partial charge in [0.15, 0.2) is 23.0 Å². The van der Waals surface area contributed by atoms with Gasteiger partial charge in [0.25, 0.3) is 0 Å². The van der Waals surface area contributed by atoms with Crippen LogP contribution in [0.5, 0.6) is 23.0 Å². The molecule has 0 radical (unpaired) electrons. The van der Waals surface area contributed by atoms with Gasteiger partial charge in [-0.25, -0.2) is 8.42 Å². The number of benzene rings is 4. The molecular weight excluding hydrogens is 520 g/mol. The van der Waals surface area contributed by atoms with Gasteiger partial charge in [-0.15, -0.1) is 0 Å². The van der Waals surface area contributed by atoms with Crippen molar-refractivity contribution in [3.05, 3.63) is 96.1 Å². The smallest absolute Gasteiger partial charge is 0.231 e. The summed E-state index contributed by atoms with van der Waals surface area (Å²) in [7, 11) is -3.70. The molecule has 0 aliphatic carbocycles. The van der Waals surface area contributed by atoms with Crippen LogP contribution in [-0.2, 0) is 9.84 Å². The lowest BCUT2D eigenvalue weighted by atomic mass is 10.2. The highest BCUT2D eigenvalue weighted by molar-refractivity contribution is 7.91. The van der Waals surface area contributed by atoms with Gasteiger partial charge in [0.2, 0.25) is 23.4 Å². The molecule has 0 bridgehead atoms. The Morgan fingerprint density at radius 2 is 0.974 bits per heavy atom. The number of hydrogen-bond acceptors (Lipinski definition) is 10. The molecule has 0 fully saturated rings. The van der Waals surface area contributed by atoms with E-state index in [0.29, 0.717) is 34.4 Å². The zero-order valence-corrected chi connectivity index (χ0v) is 21.2. The fourth-order valence-corrected chi connectivity index (χ4v) is 5.16. The Morgan fingerprint density at radius 1 is 0.564 bits per heavy atom. The topological polar surface area (TPSA) is 120 Å². The molecule has 0 saturated carbocycles. The minimum Gasteiger partial charge on any atom is -0.454 e. The summed E-state index contributed by atoms with van der Waals surface area (Å²) < 4.78 is 47.5. The Bertz CT molecular complexity index is 1550. The molecule has 2 heterocycles. The molecule has 0 atom stereocenters. The molecule has 11 heteroatoms. The minimum absolute atomic E-state index is 0.175. The molecule has 0 amide bonds. The predicted octanol–water partition coefficient (Wildman–Crippen LogP) is 4.87. The van der Waals surface area contributed by atoms with Crippen LogP contribution in [0.1, 0.15) is 11.1 Å². The molecule has 2 aliphatic heterocycles. The zero-order chi connectivity index (χ0) is 26.7. The summed E-state index contributed by atoms with van der Waals surface area (Å²) in [6, 6.07) is 23.8. The molecule has 10 nitrogen and oxygen atoms in total. The van der Waals surface area contributed by atoms with Gasteiger partial charge < -0.3 is 18.9 Å². The molecule has 0 aromatic heterocycles. The van der Waals surface area contributed by atoms with E-state index in [1.165, 1.54) is 24.3 Å². The SMILES string of the molecule is O=S(=O)(c1ccc(NN=Cc2ccc3c(c2)OCO3)cc1)c1ccc(N/N=C/c2ccc3c(c2)OCO3)cc1. The fourth-order valence-electron chi connectivity index (χ4n) is 3.90. The summed E-state index contributed by atoms with van der Waals surface area (Å²) in [6.45, 7) is 0.421. The van der Waals surface area contributed by atoms with E-state index >= 15 is 0 Å². The first kappa shape index (κ1) is 24.3. The fraction of sp³-hybridized carbons (Fsp3) is 0.0714. The summed E-state index contributed by atoms with van der Waals surface area (Å²) in [6.07, 6.45) is 3.28. The van der Waals surface area contributed by atoms with Crippen molar-refractivity contribution < 1.29 is 27.4 Å². The van der Waals surface area contributed by atoms with Crippen molar-refractivity contribution in [2.45, 2.75) is 9.79 Å². The van der Waals surface area contributed by atoms with Crippen LogP contribution in [0.25, 0.3) is 0 Å². The monoisotopic (exact) mass is 542 g/mol. The maximum atomic E-state index is 13.1. The maximum absolute atomic E-state index is 13.1. The van der Waals surface area contributed by atoms with Gasteiger partial charge in [0.1, 0.15) is 0 Å². The average Bonchev–Trinajstić information content (AvgIpc) is 3.63. The first-order valence-corrected chi connectivity index (χ1v) is 13.4. The first-order valence-electron chi connectivity index (χ1n) is 11.9. The van der Waals surface area contributed by atoms with Crippen LogP contribution >= 0.6 is 0 Å². The third-order valence-corrected chi connectivity index (χ3v) is 7.72. The third kappa shape index (κ3) is 5.34. The van der Waals surface area contributed by atoms with Crippen molar-refractivity contribution >= 4 is 33.6 Å². The number of nitrogens with zero attached hydrogens (tertiary/aromatic N) is 2. The highest BCUT2D eigenvalue weighted by Crippen LogP contribution is 2.33. The number of hydrazone groups is 2. The molecule has 4 aromatic rings. The van der Waals surface area contributed by atoms with Gasteiger partial charge in [0.05, 0.1) is 33.6 Å². The number of hydrogen-bond donors (Lipinski definition) is 2. The molecule has 0 saturated heterocycles. The van der Waals surface area contributed by atoms with Crippen molar-refractivity contribution in [1.82, 2.24) is 0 Å². The summed E-state index contributed by atoms with van der Waals surface area (Å²) in [5, 5.41) is 8.41. The van der Waals surface area contributed by atoms with E-state index in [1.807, 2.05) is 36.4 Å². The minimum atomic E-state index is -3.70. The number of anilines is 2. The van der Waals surface area contributed by atoms with Crippen LogP contribution in [0.2, 0.25) is 0 Å². The molecular formula is C28H22N4O6S. The Hall–Kier alpha value is -5.03. The second-order valence-electron chi connectivity index (χ2n) is 8.52. The average molecular weight is 543 g/mol. The Kier molecular flexibility index (Phi) is 6.47. The maximum Gasteiger partial charge on any atom is 0.231 e. The molecule has 4 aromatic carbocycles. The normalized spacial score (nSPS) is 13.7. The Labute approximate surface area is 224 Å². The van der Waals surface area contributed by atoms with E-state index in [2.05, 4.69) is 21.1 Å². The molecule has 196 valence electrons. The van der Waals surface area contributed by atoms with Crippen molar-refractivity contribution in [2.75, 3.05) is 24.4 Å². The molecule has 2 N–H and O–H groups in total. The van der Waals surface area contributed by atoms with Crippen LogP contribution in [0, 0.1) is 0 Å². The first-order chi connectivity index (χ1) is 19.0. The summed E-state index contributed by atoms with van der Waals surface area (Å²) in [5.41, 5.74) is 8.76. The van der Waals surface area contributed by atoms with Crippen molar-refractivity contribution in [3.8, 4) is 23.0 Å².